The number of para-hydroxylation sites is 2. The molecule has 5 heterocycles. The third kappa shape index (κ3) is 8.66. The summed E-state index contributed by atoms with van der Waals surface area (Å²) in [7, 11) is 0. The molecule has 0 saturated heterocycles. The highest BCUT2D eigenvalue weighted by Gasteiger charge is 2.20. The molecule has 2 aliphatic rings. The second-order valence-electron chi connectivity index (χ2n) is 12.9. The van der Waals surface area contributed by atoms with E-state index in [1.165, 1.54) is 0 Å². The Morgan fingerprint density at radius 1 is 0.554 bits per heavy atom. The molecule has 2 aromatic carbocycles. The van der Waals surface area contributed by atoms with E-state index in [4.69, 9.17) is 28.9 Å². The van der Waals surface area contributed by atoms with Crippen molar-refractivity contribution in [2.75, 3.05) is 26.4 Å². The molecule has 0 unspecified atom stereocenters. The largest absolute Gasteiger partial charge is 0.493 e. The number of fused-ring (bicyclic) bond motifs is 8. The van der Waals surface area contributed by atoms with E-state index in [0.717, 1.165) is 76.0 Å². The Hall–Kier alpha value is -5.46. The zero-order valence-corrected chi connectivity index (χ0v) is 34.2. The van der Waals surface area contributed by atoms with Gasteiger partial charge in [-0.05, 0) is 119 Å². The molecule has 2 N–H and O–H groups in total. The van der Waals surface area contributed by atoms with Gasteiger partial charge in [0.05, 0.1) is 69.2 Å². The highest BCUT2D eigenvalue weighted by atomic mass is 79.9. The third-order valence-corrected chi connectivity index (χ3v) is 10.8. The molecule has 0 fully saturated rings. The van der Waals surface area contributed by atoms with Gasteiger partial charge in [0.15, 0.2) is 0 Å². The van der Waals surface area contributed by atoms with Crippen LogP contribution in [-0.2, 0) is 19.1 Å². The fraction of sp³-hybridized carbons (Fsp3) is 0.227. The zero-order chi connectivity index (χ0) is 39.0. The number of benzene rings is 2. The third-order valence-electron chi connectivity index (χ3n) is 9.11. The summed E-state index contributed by atoms with van der Waals surface area (Å²) in [6, 6.07) is 23.8. The van der Waals surface area contributed by atoms with E-state index in [1.807, 2.05) is 97.1 Å². The molecule has 0 aliphatic carbocycles. The molecule has 3 aromatic heterocycles. The topological polar surface area (TPSA) is 128 Å². The SMILES string of the molecule is CCOC(=O)CCCOc1ccccc1-c1c2nc(c(Br)c3ccc([nH]3)c(-c3ccccc3OCCCC(=O)OCC)c3nc(c(Br)c4ccc1[nH]4)C=C3)C=C2. The first-order valence-electron chi connectivity index (χ1n) is 18.6. The van der Waals surface area contributed by atoms with Gasteiger partial charge in [-0.25, -0.2) is 9.97 Å². The van der Waals surface area contributed by atoms with Crippen molar-refractivity contribution in [2.24, 2.45) is 0 Å². The molecule has 0 amide bonds. The van der Waals surface area contributed by atoms with Crippen LogP contribution in [0.1, 0.15) is 62.3 Å². The lowest BCUT2D eigenvalue weighted by molar-refractivity contribution is -0.144. The van der Waals surface area contributed by atoms with Crippen molar-refractivity contribution < 1.29 is 28.5 Å². The fourth-order valence-corrected chi connectivity index (χ4v) is 7.47. The average molecular weight is 881 g/mol. The van der Waals surface area contributed by atoms with Crippen LogP contribution in [0, 0.1) is 0 Å². The zero-order valence-electron chi connectivity index (χ0n) is 31.0. The van der Waals surface area contributed by atoms with Crippen molar-refractivity contribution in [2.45, 2.75) is 39.5 Å². The Bertz CT molecular complexity index is 2330. The highest BCUT2D eigenvalue weighted by molar-refractivity contribution is 9.11. The van der Waals surface area contributed by atoms with Crippen molar-refractivity contribution in [3.63, 3.8) is 0 Å². The summed E-state index contributed by atoms with van der Waals surface area (Å²) in [6.07, 6.45) is 9.60. The smallest absolute Gasteiger partial charge is 0.305 e. The number of nitrogens with one attached hydrogen (secondary N) is 2. The van der Waals surface area contributed by atoms with Crippen LogP contribution in [0.5, 0.6) is 11.5 Å². The van der Waals surface area contributed by atoms with Gasteiger partial charge in [-0.1, -0.05) is 36.4 Å². The maximum Gasteiger partial charge on any atom is 0.305 e. The van der Waals surface area contributed by atoms with Crippen LogP contribution in [-0.4, -0.2) is 58.3 Å². The monoisotopic (exact) mass is 878 g/mol. The van der Waals surface area contributed by atoms with Gasteiger partial charge in [-0.2, -0.15) is 0 Å². The van der Waals surface area contributed by atoms with Gasteiger partial charge in [-0.3, -0.25) is 9.59 Å². The number of carbonyl (C=O) groups excluding carboxylic acids is 2. The van der Waals surface area contributed by atoms with E-state index in [-0.39, 0.29) is 24.8 Å². The van der Waals surface area contributed by atoms with E-state index >= 15 is 0 Å². The predicted octanol–water partition coefficient (Wildman–Crippen LogP) is 11.0. The maximum absolute atomic E-state index is 11.9. The highest BCUT2D eigenvalue weighted by Crippen LogP contribution is 2.40. The lowest BCUT2D eigenvalue weighted by atomic mass is 10.0. The minimum Gasteiger partial charge on any atom is -0.493 e. The molecule has 5 aromatic rings. The van der Waals surface area contributed by atoms with Crippen LogP contribution < -0.4 is 9.47 Å². The molecule has 7 rings (SSSR count). The van der Waals surface area contributed by atoms with Crippen molar-refractivity contribution in [3.05, 3.63) is 105 Å². The first-order valence-corrected chi connectivity index (χ1v) is 20.2. The molecular formula is C44H40Br2N4O6. The number of nitrogens with zero attached hydrogens (tertiary/aromatic N) is 2. The molecule has 0 radical (unpaired) electrons. The summed E-state index contributed by atoms with van der Waals surface area (Å²) in [5.74, 6) is 0.881. The number of aromatic nitrogens is 4. The molecule has 10 nitrogen and oxygen atoms in total. The summed E-state index contributed by atoms with van der Waals surface area (Å²) in [5, 5.41) is 0. The number of H-pyrrole nitrogens is 2. The van der Waals surface area contributed by atoms with Crippen molar-refractivity contribution in [3.8, 4) is 33.8 Å². The second kappa shape index (κ2) is 18.0. The number of ether oxygens (including phenoxy) is 4. The first-order chi connectivity index (χ1) is 27.3. The molecule has 8 bridgehead atoms. The van der Waals surface area contributed by atoms with Crippen molar-refractivity contribution >= 4 is 90.2 Å². The number of carbonyl (C=O) groups is 2. The first kappa shape index (κ1) is 38.8. The van der Waals surface area contributed by atoms with Crippen LogP contribution >= 0.6 is 31.9 Å². The lowest BCUT2D eigenvalue weighted by Crippen LogP contribution is -2.07. The van der Waals surface area contributed by atoms with Crippen molar-refractivity contribution in [1.82, 2.24) is 19.9 Å². The average Bonchev–Trinajstić information content (AvgIpc) is 4.05. The van der Waals surface area contributed by atoms with Crippen LogP contribution in [0.2, 0.25) is 0 Å². The molecule has 12 heteroatoms. The molecule has 0 saturated carbocycles. The molecule has 0 spiro atoms. The van der Waals surface area contributed by atoms with E-state index < -0.39 is 0 Å². The van der Waals surface area contributed by atoms with Crippen LogP contribution in [0.4, 0.5) is 0 Å². The summed E-state index contributed by atoms with van der Waals surface area (Å²) < 4.78 is 24.3. The van der Waals surface area contributed by atoms with Gasteiger partial charge in [0.25, 0.3) is 0 Å². The Morgan fingerprint density at radius 2 is 0.946 bits per heavy atom. The quantitative estimate of drug-likeness (QED) is 0.0816. The maximum atomic E-state index is 11.9. The van der Waals surface area contributed by atoms with E-state index in [2.05, 4.69) is 41.8 Å². The Morgan fingerprint density at radius 3 is 1.38 bits per heavy atom. The van der Waals surface area contributed by atoms with Crippen LogP contribution in [0.25, 0.3) is 68.6 Å². The van der Waals surface area contributed by atoms with Gasteiger partial charge in [-0.15, -0.1) is 0 Å². The number of aromatic amines is 2. The number of hydrogen-bond donors (Lipinski definition) is 2. The van der Waals surface area contributed by atoms with E-state index in [1.54, 1.807) is 13.8 Å². The second-order valence-corrected chi connectivity index (χ2v) is 14.5. The summed E-state index contributed by atoms with van der Waals surface area (Å²) in [4.78, 5) is 41.4. The van der Waals surface area contributed by atoms with Gasteiger partial charge >= 0.3 is 11.9 Å². The fourth-order valence-electron chi connectivity index (χ4n) is 6.56. The Labute approximate surface area is 341 Å². The van der Waals surface area contributed by atoms with Gasteiger partial charge in [0.1, 0.15) is 11.5 Å². The van der Waals surface area contributed by atoms with E-state index in [0.29, 0.717) is 50.8 Å². The number of halogens is 2. The molecule has 2 aliphatic heterocycles. The number of rotatable bonds is 14. The van der Waals surface area contributed by atoms with Gasteiger partial charge < -0.3 is 28.9 Å². The Kier molecular flexibility index (Phi) is 12.5. The number of hydrogen-bond acceptors (Lipinski definition) is 8. The molecule has 0 atom stereocenters. The summed E-state index contributed by atoms with van der Waals surface area (Å²) >= 11 is 7.73. The Balaban J connectivity index is 1.37. The van der Waals surface area contributed by atoms with Gasteiger partial charge in [0, 0.05) is 46.1 Å². The molecule has 56 heavy (non-hydrogen) atoms. The predicted molar refractivity (Wildman–Crippen MR) is 228 cm³/mol. The minimum absolute atomic E-state index is 0.236. The summed E-state index contributed by atoms with van der Waals surface area (Å²) in [5.41, 5.74) is 9.73. The molecular weight excluding hydrogens is 840 g/mol. The number of esters is 2. The normalized spacial score (nSPS) is 11.8. The summed E-state index contributed by atoms with van der Waals surface area (Å²) in [6.45, 7) is 5.01. The van der Waals surface area contributed by atoms with Crippen LogP contribution in [0.15, 0.2) is 81.7 Å². The minimum atomic E-state index is -0.236. The van der Waals surface area contributed by atoms with Crippen molar-refractivity contribution in [1.29, 1.82) is 0 Å². The lowest BCUT2D eigenvalue weighted by Gasteiger charge is -2.13. The van der Waals surface area contributed by atoms with E-state index in [9.17, 15) is 9.59 Å². The standard InChI is InChI=1S/C44H40Br2N4O6/c1-3-53-39(51)15-9-25-55-37-13-7-5-11-27(37)41-29-17-21-33(47-29)43(45)35-23-19-31(49-35)42(32-20-24-36(50-32)44(46)34-22-18-30(41)48-34)28-12-6-8-14-38(28)56-26-10-16-40(52)54-4-2/h5-8,11-14,17-24,47,50H,3-4,9-10,15-16,25-26H2,1-2H3. The van der Waals surface area contributed by atoms with Crippen LogP contribution in [0.3, 0.4) is 0 Å². The molecule has 286 valence electrons. The van der Waals surface area contributed by atoms with Gasteiger partial charge in [0.2, 0.25) is 0 Å².